The van der Waals surface area contributed by atoms with E-state index in [9.17, 15) is 15.0 Å². The molecule has 146 valence electrons. The molecule has 0 spiro atoms. The van der Waals surface area contributed by atoms with Crippen molar-refractivity contribution in [3.05, 3.63) is 17.5 Å². The minimum atomic E-state index is -1.27. The Bertz CT molecular complexity index is 612. The van der Waals surface area contributed by atoms with Crippen LogP contribution in [-0.4, -0.2) is 92.6 Å². The molecule has 1 amide bonds. The Labute approximate surface area is 152 Å². The zero-order valence-electron chi connectivity index (χ0n) is 15.3. The third kappa shape index (κ3) is 4.80. The summed E-state index contributed by atoms with van der Waals surface area (Å²) >= 11 is 0. The monoisotopic (exact) mass is 368 g/mol. The zero-order chi connectivity index (χ0) is 19.3. The number of piperidine rings is 1. The number of amides is 1. The lowest BCUT2D eigenvalue weighted by molar-refractivity contribution is -0.155. The molecule has 2 atom stereocenters. The first-order valence-electron chi connectivity index (χ1n) is 8.76. The van der Waals surface area contributed by atoms with Crippen molar-refractivity contribution in [1.82, 2.24) is 20.0 Å². The number of carbonyl (C=O) groups is 2. The van der Waals surface area contributed by atoms with Gasteiger partial charge < -0.3 is 25.1 Å². The molecule has 4 N–H and O–H groups in total. The molecule has 2 saturated heterocycles. The van der Waals surface area contributed by atoms with Crippen LogP contribution in [0.5, 0.6) is 0 Å². The summed E-state index contributed by atoms with van der Waals surface area (Å²) < 4.78 is 0. The number of aliphatic hydroxyl groups excluding tert-OH is 1. The van der Waals surface area contributed by atoms with Crippen molar-refractivity contribution >= 4 is 12.4 Å². The molecule has 0 saturated carbocycles. The minimum absolute atomic E-state index is 0.0310. The number of carbonyl (C=O) groups excluding carboxylic acids is 1. The Hall–Kier alpha value is -1.97. The fourth-order valence-electron chi connectivity index (χ4n) is 3.56. The Morgan fingerprint density at radius 1 is 1.42 bits per heavy atom. The fourth-order valence-corrected chi connectivity index (χ4v) is 3.56. The van der Waals surface area contributed by atoms with Crippen LogP contribution in [0.1, 0.15) is 24.2 Å². The molecule has 2 aliphatic heterocycles. The highest BCUT2D eigenvalue weighted by atomic mass is 16.3. The van der Waals surface area contributed by atoms with Gasteiger partial charge in [-0.2, -0.15) is 5.10 Å². The fraction of sp³-hybridized carbons (Fsp3) is 0.706. The van der Waals surface area contributed by atoms with E-state index in [1.807, 2.05) is 20.0 Å². The molecule has 26 heavy (non-hydrogen) atoms. The molecule has 9 heteroatoms. The number of likely N-dealkylation sites (tertiary alicyclic amines) is 2. The SMILES string of the molecule is Cc1cc(C[C@@H]2CN(C(=O)C3(O)CCN(C)CC3)C[C@H]2O)n[nH]1.O=CO. The predicted octanol–water partition coefficient (Wildman–Crippen LogP) is -0.763. The van der Waals surface area contributed by atoms with Crippen molar-refractivity contribution in [1.29, 1.82) is 0 Å². The molecule has 1 aromatic heterocycles. The van der Waals surface area contributed by atoms with Crippen LogP contribution in [0.3, 0.4) is 0 Å². The molecule has 9 nitrogen and oxygen atoms in total. The second-order valence-corrected chi connectivity index (χ2v) is 7.22. The largest absolute Gasteiger partial charge is 0.483 e. The third-order valence-corrected chi connectivity index (χ3v) is 5.14. The number of nitrogens with one attached hydrogen (secondary N) is 1. The van der Waals surface area contributed by atoms with Crippen molar-refractivity contribution in [2.24, 2.45) is 5.92 Å². The zero-order valence-corrected chi connectivity index (χ0v) is 15.3. The number of aryl methyl sites for hydroxylation is 1. The summed E-state index contributed by atoms with van der Waals surface area (Å²) in [5.74, 6) is -0.262. The lowest BCUT2D eigenvalue weighted by Crippen LogP contribution is -2.54. The smallest absolute Gasteiger partial charge is 0.290 e. The number of rotatable bonds is 3. The van der Waals surface area contributed by atoms with Crippen LogP contribution in [0.4, 0.5) is 0 Å². The topological polar surface area (TPSA) is 130 Å². The number of nitrogens with zero attached hydrogens (tertiary/aromatic N) is 3. The number of carboxylic acid groups (broad SMARTS) is 1. The van der Waals surface area contributed by atoms with Crippen LogP contribution in [0.25, 0.3) is 0 Å². The molecule has 3 heterocycles. The molecular weight excluding hydrogens is 340 g/mol. The van der Waals surface area contributed by atoms with Gasteiger partial charge in [0.25, 0.3) is 12.4 Å². The lowest BCUT2D eigenvalue weighted by Gasteiger charge is -2.37. The first-order valence-corrected chi connectivity index (χ1v) is 8.76. The van der Waals surface area contributed by atoms with Crippen molar-refractivity contribution in [3.63, 3.8) is 0 Å². The van der Waals surface area contributed by atoms with Crippen molar-refractivity contribution in [2.45, 2.75) is 37.9 Å². The van der Waals surface area contributed by atoms with E-state index in [0.717, 1.165) is 11.4 Å². The van der Waals surface area contributed by atoms with Crippen LogP contribution in [0.2, 0.25) is 0 Å². The highest BCUT2D eigenvalue weighted by Crippen LogP contribution is 2.28. The molecule has 0 radical (unpaired) electrons. The molecule has 3 rings (SSSR count). The molecule has 0 aliphatic carbocycles. The Kier molecular flexibility index (Phi) is 6.74. The van der Waals surface area contributed by atoms with Crippen LogP contribution in [0.15, 0.2) is 6.07 Å². The van der Waals surface area contributed by atoms with E-state index in [2.05, 4.69) is 15.1 Å². The highest BCUT2D eigenvalue weighted by Gasteiger charge is 2.45. The maximum Gasteiger partial charge on any atom is 0.290 e. The standard InChI is InChI=1S/C16H26N4O3.CH2O2/c1-11-7-13(18-17-11)8-12-9-20(10-14(12)21)15(22)16(23)3-5-19(2)6-4-16;2-1-3/h7,12,14,21,23H,3-6,8-10H2,1-2H3,(H,17,18);1H,(H,2,3)/t12-,14-;/m1./s1. The van der Waals surface area contributed by atoms with Gasteiger partial charge in [0.05, 0.1) is 11.8 Å². The van der Waals surface area contributed by atoms with E-state index in [0.29, 0.717) is 45.4 Å². The van der Waals surface area contributed by atoms with Crippen LogP contribution < -0.4 is 0 Å². The molecule has 0 unspecified atom stereocenters. The summed E-state index contributed by atoms with van der Waals surface area (Å²) in [6.07, 6.45) is 0.984. The van der Waals surface area contributed by atoms with Gasteiger partial charge in [0.1, 0.15) is 5.60 Å². The van der Waals surface area contributed by atoms with Crippen LogP contribution in [0, 0.1) is 12.8 Å². The Balaban J connectivity index is 0.000000758. The number of β-amino-alcohol motifs (C(OH)–C–C–N with tert-alkyl or cyclic N) is 1. The van der Waals surface area contributed by atoms with E-state index in [4.69, 9.17) is 9.90 Å². The van der Waals surface area contributed by atoms with Gasteiger partial charge in [0, 0.05) is 37.8 Å². The Morgan fingerprint density at radius 3 is 2.58 bits per heavy atom. The number of hydrogen-bond acceptors (Lipinski definition) is 6. The lowest BCUT2D eigenvalue weighted by atomic mass is 9.90. The summed E-state index contributed by atoms with van der Waals surface area (Å²) in [5, 5.41) is 34.9. The van der Waals surface area contributed by atoms with Gasteiger partial charge in [-0.1, -0.05) is 0 Å². The second kappa shape index (κ2) is 8.61. The molecular formula is C17H28N4O5. The summed E-state index contributed by atoms with van der Waals surface area (Å²) in [6.45, 7) is 3.89. The predicted molar refractivity (Wildman–Crippen MR) is 93.5 cm³/mol. The highest BCUT2D eigenvalue weighted by molar-refractivity contribution is 5.85. The molecule has 2 aliphatic rings. The molecule has 2 fully saturated rings. The number of aliphatic hydroxyl groups is 2. The maximum absolute atomic E-state index is 12.7. The van der Waals surface area contributed by atoms with Gasteiger partial charge in [0.15, 0.2) is 0 Å². The van der Waals surface area contributed by atoms with Gasteiger partial charge in [-0.15, -0.1) is 0 Å². The Morgan fingerprint density at radius 2 is 2.04 bits per heavy atom. The number of H-pyrrole nitrogens is 1. The quantitative estimate of drug-likeness (QED) is 0.516. The summed E-state index contributed by atoms with van der Waals surface area (Å²) in [4.78, 5) is 24.8. The van der Waals surface area contributed by atoms with Gasteiger partial charge in [0.2, 0.25) is 0 Å². The summed E-state index contributed by atoms with van der Waals surface area (Å²) in [6, 6.07) is 1.96. The van der Waals surface area contributed by atoms with E-state index in [1.54, 1.807) is 4.90 Å². The average Bonchev–Trinajstić information content (AvgIpc) is 3.17. The van der Waals surface area contributed by atoms with Crippen LogP contribution >= 0.6 is 0 Å². The second-order valence-electron chi connectivity index (χ2n) is 7.22. The minimum Gasteiger partial charge on any atom is -0.483 e. The van der Waals surface area contributed by atoms with E-state index in [-0.39, 0.29) is 18.3 Å². The van der Waals surface area contributed by atoms with Gasteiger partial charge in [-0.25, -0.2) is 0 Å². The van der Waals surface area contributed by atoms with Crippen molar-refractivity contribution in [2.75, 3.05) is 33.2 Å². The van der Waals surface area contributed by atoms with Gasteiger partial charge in [-0.05, 0) is 39.3 Å². The molecule has 0 bridgehead atoms. The van der Waals surface area contributed by atoms with E-state index in [1.165, 1.54) is 0 Å². The first kappa shape index (κ1) is 20.3. The molecule has 0 aromatic carbocycles. The first-order chi connectivity index (χ1) is 12.3. The summed E-state index contributed by atoms with van der Waals surface area (Å²) in [5.41, 5.74) is 0.615. The van der Waals surface area contributed by atoms with Crippen molar-refractivity contribution < 1.29 is 24.9 Å². The normalized spacial score (nSPS) is 25.5. The maximum atomic E-state index is 12.7. The number of aromatic amines is 1. The number of hydrogen-bond donors (Lipinski definition) is 4. The third-order valence-electron chi connectivity index (χ3n) is 5.14. The summed E-state index contributed by atoms with van der Waals surface area (Å²) in [7, 11) is 1.99. The van der Waals surface area contributed by atoms with Crippen molar-refractivity contribution in [3.8, 4) is 0 Å². The van der Waals surface area contributed by atoms with Gasteiger partial charge in [-0.3, -0.25) is 14.7 Å². The van der Waals surface area contributed by atoms with E-state index >= 15 is 0 Å². The van der Waals surface area contributed by atoms with Crippen LogP contribution in [-0.2, 0) is 16.0 Å². The van der Waals surface area contributed by atoms with E-state index < -0.39 is 11.7 Å². The average molecular weight is 368 g/mol. The number of aromatic nitrogens is 2. The molecule has 1 aromatic rings. The van der Waals surface area contributed by atoms with Gasteiger partial charge >= 0.3 is 0 Å².